The molecule has 0 atom stereocenters. The largest absolute Gasteiger partial charge is 0.493 e. The molecular weight excluding hydrogens is 340 g/mol. The number of ether oxygens (including phenoxy) is 2. The predicted octanol–water partition coefficient (Wildman–Crippen LogP) is 2.92. The van der Waals surface area contributed by atoms with Gasteiger partial charge in [0.2, 0.25) is 0 Å². The Bertz CT molecular complexity index is 561. The van der Waals surface area contributed by atoms with E-state index in [1.54, 1.807) is 7.11 Å². The first-order valence-corrected chi connectivity index (χ1v) is 10.0. The fourth-order valence-electron chi connectivity index (χ4n) is 2.57. The SMILES string of the molecule is CCNC(=NCCCc1ccc(OC)c(OCC)c1)NCCN(C)C(C)C. The van der Waals surface area contributed by atoms with Crippen LogP contribution in [0.15, 0.2) is 23.2 Å². The molecule has 0 unspecified atom stereocenters. The molecule has 154 valence electrons. The Kier molecular flexibility index (Phi) is 11.3. The van der Waals surface area contributed by atoms with Gasteiger partial charge in [-0.25, -0.2) is 0 Å². The summed E-state index contributed by atoms with van der Waals surface area (Å²) in [5.74, 6) is 2.48. The lowest BCUT2D eigenvalue weighted by Gasteiger charge is -2.21. The first-order valence-electron chi connectivity index (χ1n) is 10.0. The molecule has 0 radical (unpaired) electrons. The van der Waals surface area contributed by atoms with Crippen molar-refractivity contribution in [3.8, 4) is 11.5 Å². The molecule has 0 saturated heterocycles. The summed E-state index contributed by atoms with van der Waals surface area (Å²) in [6, 6.07) is 6.69. The zero-order valence-electron chi connectivity index (χ0n) is 18.0. The van der Waals surface area contributed by atoms with Crippen molar-refractivity contribution >= 4 is 5.96 Å². The molecule has 6 nitrogen and oxygen atoms in total. The molecule has 0 spiro atoms. The Morgan fingerprint density at radius 3 is 2.59 bits per heavy atom. The Balaban J connectivity index is 2.48. The molecule has 1 aromatic carbocycles. The van der Waals surface area contributed by atoms with Gasteiger partial charge in [-0.3, -0.25) is 4.99 Å². The minimum absolute atomic E-state index is 0.553. The summed E-state index contributed by atoms with van der Waals surface area (Å²) in [6.07, 6.45) is 1.95. The number of rotatable bonds is 12. The van der Waals surface area contributed by atoms with Crippen LogP contribution in [0.2, 0.25) is 0 Å². The number of nitrogens with zero attached hydrogens (tertiary/aromatic N) is 2. The average molecular weight is 379 g/mol. The molecule has 27 heavy (non-hydrogen) atoms. The standard InChI is InChI=1S/C21H38N4O2/c1-7-22-21(24-14-15-25(5)17(3)4)23-13-9-10-18-11-12-19(26-6)20(16-18)27-8-2/h11-12,16-17H,7-10,13-15H2,1-6H3,(H2,22,23,24). The van der Waals surface area contributed by atoms with Crippen LogP contribution in [-0.2, 0) is 6.42 Å². The highest BCUT2D eigenvalue weighted by molar-refractivity contribution is 5.79. The Morgan fingerprint density at radius 1 is 1.19 bits per heavy atom. The van der Waals surface area contributed by atoms with Crippen LogP contribution in [-0.4, -0.2) is 63.8 Å². The van der Waals surface area contributed by atoms with Gasteiger partial charge in [0.15, 0.2) is 17.5 Å². The van der Waals surface area contributed by atoms with E-state index in [1.807, 2.05) is 13.0 Å². The van der Waals surface area contributed by atoms with Crippen molar-refractivity contribution in [1.29, 1.82) is 0 Å². The van der Waals surface area contributed by atoms with Gasteiger partial charge in [0.25, 0.3) is 0 Å². The first kappa shape index (κ1) is 23.1. The number of hydrogen-bond acceptors (Lipinski definition) is 4. The summed E-state index contributed by atoms with van der Waals surface area (Å²) in [7, 11) is 3.81. The van der Waals surface area contributed by atoms with Crippen molar-refractivity contribution in [3.63, 3.8) is 0 Å². The lowest BCUT2D eigenvalue weighted by molar-refractivity contribution is 0.278. The number of likely N-dealkylation sites (N-methyl/N-ethyl adjacent to an activating group) is 1. The van der Waals surface area contributed by atoms with Gasteiger partial charge in [-0.2, -0.15) is 0 Å². The number of benzene rings is 1. The predicted molar refractivity (Wildman–Crippen MR) is 114 cm³/mol. The summed E-state index contributed by atoms with van der Waals surface area (Å²) < 4.78 is 11.0. The van der Waals surface area contributed by atoms with E-state index in [1.165, 1.54) is 5.56 Å². The smallest absolute Gasteiger partial charge is 0.191 e. The summed E-state index contributed by atoms with van der Waals surface area (Å²) >= 11 is 0. The van der Waals surface area contributed by atoms with Gasteiger partial charge < -0.3 is 25.0 Å². The molecule has 0 aliphatic carbocycles. The van der Waals surface area contributed by atoms with Crippen LogP contribution in [0.4, 0.5) is 0 Å². The van der Waals surface area contributed by atoms with E-state index in [0.29, 0.717) is 12.6 Å². The number of aliphatic imine (C=N–C) groups is 1. The molecule has 0 bridgehead atoms. The topological polar surface area (TPSA) is 58.1 Å². The van der Waals surface area contributed by atoms with E-state index in [4.69, 9.17) is 9.47 Å². The van der Waals surface area contributed by atoms with Gasteiger partial charge in [0.1, 0.15) is 0 Å². The van der Waals surface area contributed by atoms with Crippen LogP contribution in [0.25, 0.3) is 0 Å². The van der Waals surface area contributed by atoms with Crippen molar-refractivity contribution in [2.24, 2.45) is 4.99 Å². The molecule has 0 amide bonds. The second kappa shape index (κ2) is 13.3. The monoisotopic (exact) mass is 378 g/mol. The Morgan fingerprint density at radius 2 is 1.96 bits per heavy atom. The quantitative estimate of drug-likeness (QED) is 0.333. The summed E-state index contributed by atoms with van der Waals surface area (Å²) in [4.78, 5) is 7.00. The van der Waals surface area contributed by atoms with Gasteiger partial charge >= 0.3 is 0 Å². The summed E-state index contributed by atoms with van der Waals surface area (Å²) in [5, 5.41) is 6.72. The molecule has 0 aliphatic heterocycles. The number of hydrogen-bond donors (Lipinski definition) is 2. The molecule has 1 aromatic rings. The van der Waals surface area contributed by atoms with E-state index >= 15 is 0 Å². The highest BCUT2D eigenvalue weighted by Crippen LogP contribution is 2.28. The Hall–Kier alpha value is -1.95. The zero-order chi connectivity index (χ0) is 20.1. The Labute approximate surface area is 165 Å². The highest BCUT2D eigenvalue weighted by atomic mass is 16.5. The summed E-state index contributed by atoms with van der Waals surface area (Å²) in [5.41, 5.74) is 1.24. The van der Waals surface area contributed by atoms with Crippen molar-refractivity contribution in [3.05, 3.63) is 23.8 Å². The van der Waals surface area contributed by atoms with Crippen molar-refractivity contribution < 1.29 is 9.47 Å². The number of nitrogens with one attached hydrogen (secondary N) is 2. The fourth-order valence-corrected chi connectivity index (χ4v) is 2.57. The van der Waals surface area contributed by atoms with E-state index in [2.05, 4.69) is 60.5 Å². The van der Waals surface area contributed by atoms with Crippen LogP contribution in [0.3, 0.4) is 0 Å². The van der Waals surface area contributed by atoms with Crippen LogP contribution in [0, 0.1) is 0 Å². The van der Waals surface area contributed by atoms with Crippen molar-refractivity contribution in [2.75, 3.05) is 46.9 Å². The minimum Gasteiger partial charge on any atom is -0.493 e. The van der Waals surface area contributed by atoms with E-state index < -0.39 is 0 Å². The molecule has 0 saturated carbocycles. The van der Waals surface area contributed by atoms with Crippen molar-refractivity contribution in [2.45, 2.75) is 46.6 Å². The van der Waals surface area contributed by atoms with Crippen LogP contribution >= 0.6 is 0 Å². The van der Waals surface area contributed by atoms with Crippen molar-refractivity contribution in [1.82, 2.24) is 15.5 Å². The lowest BCUT2D eigenvalue weighted by atomic mass is 10.1. The number of methoxy groups -OCH3 is 1. The van der Waals surface area contributed by atoms with Gasteiger partial charge in [-0.05, 0) is 65.3 Å². The molecule has 1 rings (SSSR count). The van der Waals surface area contributed by atoms with Crippen LogP contribution < -0.4 is 20.1 Å². The van der Waals surface area contributed by atoms with E-state index in [-0.39, 0.29) is 0 Å². The maximum absolute atomic E-state index is 5.65. The average Bonchev–Trinajstić information content (AvgIpc) is 2.65. The summed E-state index contributed by atoms with van der Waals surface area (Å²) in [6.45, 7) is 12.6. The number of guanidine groups is 1. The van der Waals surface area contributed by atoms with Crippen LogP contribution in [0.1, 0.15) is 39.7 Å². The van der Waals surface area contributed by atoms with Gasteiger partial charge in [-0.1, -0.05) is 6.07 Å². The van der Waals surface area contributed by atoms with Gasteiger partial charge in [0.05, 0.1) is 13.7 Å². The molecule has 2 N–H and O–H groups in total. The molecule has 0 fully saturated rings. The highest BCUT2D eigenvalue weighted by Gasteiger charge is 2.06. The van der Waals surface area contributed by atoms with Gasteiger partial charge in [-0.15, -0.1) is 0 Å². The maximum Gasteiger partial charge on any atom is 0.191 e. The molecular formula is C21H38N4O2. The molecule has 6 heteroatoms. The van der Waals surface area contributed by atoms with Crippen LogP contribution in [0.5, 0.6) is 11.5 Å². The lowest BCUT2D eigenvalue weighted by Crippen LogP contribution is -2.42. The maximum atomic E-state index is 5.65. The third-order valence-electron chi connectivity index (χ3n) is 4.40. The van der Waals surface area contributed by atoms with Gasteiger partial charge in [0, 0.05) is 32.2 Å². The molecule has 0 aromatic heterocycles. The number of aryl methyl sites for hydroxylation is 1. The first-order chi connectivity index (χ1) is 13.0. The minimum atomic E-state index is 0.553. The second-order valence-electron chi connectivity index (χ2n) is 6.78. The fraction of sp³-hybridized carbons (Fsp3) is 0.667. The molecule has 0 heterocycles. The molecule has 0 aliphatic rings. The normalized spacial score (nSPS) is 11.8. The third kappa shape index (κ3) is 9.00. The third-order valence-corrected chi connectivity index (χ3v) is 4.40. The van der Waals surface area contributed by atoms with E-state index in [9.17, 15) is 0 Å². The second-order valence-corrected chi connectivity index (χ2v) is 6.78. The zero-order valence-corrected chi connectivity index (χ0v) is 18.0. The van der Waals surface area contributed by atoms with E-state index in [0.717, 1.165) is 56.5 Å².